The second kappa shape index (κ2) is 3.61. The summed E-state index contributed by atoms with van der Waals surface area (Å²) >= 11 is 0. The fourth-order valence-electron chi connectivity index (χ4n) is 1.38. The number of hydrogen-bond donors (Lipinski definition) is 1. The lowest BCUT2D eigenvalue weighted by Crippen LogP contribution is -2.14. The van der Waals surface area contributed by atoms with Gasteiger partial charge < -0.3 is 10.5 Å². The maximum absolute atomic E-state index is 11.5. The van der Waals surface area contributed by atoms with Crippen molar-refractivity contribution in [3.05, 3.63) is 24.4 Å². The van der Waals surface area contributed by atoms with Gasteiger partial charge in [0.25, 0.3) is 0 Å². The van der Waals surface area contributed by atoms with E-state index in [0.717, 1.165) is 5.39 Å². The normalized spacial score (nSPS) is 10.5. The summed E-state index contributed by atoms with van der Waals surface area (Å²) in [5, 5.41) is 4.76. The predicted molar refractivity (Wildman–Crippen MR) is 56.6 cm³/mol. The standard InChI is InChI=1S/C10H11N3O2/c1-2-15-10(14)13-9-4-3-8(11)5-7(9)6-12-13/h3-6H,2,11H2,1H3. The van der Waals surface area contributed by atoms with Crippen molar-refractivity contribution in [1.29, 1.82) is 0 Å². The van der Waals surface area contributed by atoms with Crippen LogP contribution in [-0.2, 0) is 4.74 Å². The Morgan fingerprint density at radius 2 is 2.40 bits per heavy atom. The minimum atomic E-state index is -0.475. The van der Waals surface area contributed by atoms with Crippen LogP contribution in [0.1, 0.15) is 6.92 Å². The van der Waals surface area contributed by atoms with Crippen LogP contribution in [-0.4, -0.2) is 22.5 Å². The van der Waals surface area contributed by atoms with Gasteiger partial charge in [-0.3, -0.25) is 0 Å². The van der Waals surface area contributed by atoms with E-state index in [2.05, 4.69) is 5.10 Å². The highest BCUT2D eigenvalue weighted by Crippen LogP contribution is 2.16. The number of fused-ring (bicyclic) bond motifs is 1. The number of carbonyl (C=O) groups excluding carboxylic acids is 1. The van der Waals surface area contributed by atoms with Gasteiger partial charge in [0.05, 0.1) is 18.3 Å². The van der Waals surface area contributed by atoms with Crippen LogP contribution in [0, 0.1) is 0 Å². The lowest BCUT2D eigenvalue weighted by Gasteiger charge is -2.01. The van der Waals surface area contributed by atoms with Gasteiger partial charge in [-0.15, -0.1) is 0 Å². The third-order valence-electron chi connectivity index (χ3n) is 2.03. The topological polar surface area (TPSA) is 70.1 Å². The van der Waals surface area contributed by atoms with E-state index < -0.39 is 6.09 Å². The number of anilines is 1. The van der Waals surface area contributed by atoms with E-state index in [0.29, 0.717) is 17.8 Å². The molecule has 0 aliphatic heterocycles. The molecule has 0 atom stereocenters. The van der Waals surface area contributed by atoms with Crippen LogP contribution in [0.2, 0.25) is 0 Å². The highest BCUT2D eigenvalue weighted by Gasteiger charge is 2.10. The molecule has 0 aliphatic rings. The predicted octanol–water partition coefficient (Wildman–Crippen LogP) is 1.62. The Labute approximate surface area is 86.4 Å². The summed E-state index contributed by atoms with van der Waals surface area (Å²) in [6.45, 7) is 2.08. The van der Waals surface area contributed by atoms with E-state index in [1.807, 2.05) is 0 Å². The number of benzene rings is 1. The van der Waals surface area contributed by atoms with Crippen LogP contribution >= 0.6 is 0 Å². The molecule has 0 unspecified atom stereocenters. The zero-order valence-corrected chi connectivity index (χ0v) is 8.30. The largest absolute Gasteiger partial charge is 0.448 e. The van der Waals surface area contributed by atoms with Crippen molar-refractivity contribution in [2.75, 3.05) is 12.3 Å². The van der Waals surface area contributed by atoms with Gasteiger partial charge in [0.15, 0.2) is 0 Å². The maximum atomic E-state index is 11.5. The van der Waals surface area contributed by atoms with Crippen molar-refractivity contribution in [3.8, 4) is 0 Å². The van der Waals surface area contributed by atoms with E-state index in [-0.39, 0.29) is 0 Å². The van der Waals surface area contributed by atoms with Gasteiger partial charge in [-0.05, 0) is 25.1 Å². The SMILES string of the molecule is CCOC(=O)n1ncc2cc(N)ccc21. The van der Waals surface area contributed by atoms with Gasteiger partial charge >= 0.3 is 6.09 Å². The first-order valence-corrected chi connectivity index (χ1v) is 4.62. The van der Waals surface area contributed by atoms with E-state index in [4.69, 9.17) is 10.5 Å². The van der Waals surface area contributed by atoms with Crippen molar-refractivity contribution >= 4 is 22.7 Å². The van der Waals surface area contributed by atoms with Gasteiger partial charge in [0.2, 0.25) is 0 Å². The molecule has 0 saturated heterocycles. The second-order valence-corrected chi connectivity index (χ2v) is 3.07. The molecule has 15 heavy (non-hydrogen) atoms. The summed E-state index contributed by atoms with van der Waals surface area (Å²) in [6.07, 6.45) is 1.11. The van der Waals surface area contributed by atoms with Gasteiger partial charge in [-0.1, -0.05) is 0 Å². The maximum Gasteiger partial charge on any atom is 0.435 e. The molecule has 78 valence electrons. The van der Waals surface area contributed by atoms with Gasteiger partial charge in [0.1, 0.15) is 0 Å². The lowest BCUT2D eigenvalue weighted by molar-refractivity contribution is 0.151. The minimum Gasteiger partial charge on any atom is -0.448 e. The molecule has 1 aromatic heterocycles. The Morgan fingerprint density at radius 1 is 1.60 bits per heavy atom. The molecule has 0 aliphatic carbocycles. The molecule has 2 rings (SSSR count). The van der Waals surface area contributed by atoms with Crippen molar-refractivity contribution in [3.63, 3.8) is 0 Å². The van der Waals surface area contributed by atoms with E-state index in [1.165, 1.54) is 4.68 Å². The molecule has 2 N–H and O–H groups in total. The Bertz CT molecular complexity index is 504. The molecule has 5 heteroatoms. The molecule has 0 saturated carbocycles. The molecule has 0 bridgehead atoms. The first kappa shape index (κ1) is 9.51. The number of nitrogen functional groups attached to an aromatic ring is 1. The molecule has 0 spiro atoms. The smallest absolute Gasteiger partial charge is 0.435 e. The van der Waals surface area contributed by atoms with Crippen molar-refractivity contribution in [2.45, 2.75) is 6.92 Å². The first-order chi connectivity index (χ1) is 7.22. The fourth-order valence-corrected chi connectivity index (χ4v) is 1.38. The third-order valence-corrected chi connectivity index (χ3v) is 2.03. The minimum absolute atomic E-state index is 0.329. The number of ether oxygens (including phenoxy) is 1. The van der Waals surface area contributed by atoms with Crippen molar-refractivity contribution in [2.24, 2.45) is 0 Å². The Kier molecular flexibility index (Phi) is 2.29. The Morgan fingerprint density at radius 3 is 3.13 bits per heavy atom. The number of nitrogens with two attached hydrogens (primary N) is 1. The van der Waals surface area contributed by atoms with Gasteiger partial charge in [-0.25, -0.2) is 4.79 Å². The average molecular weight is 205 g/mol. The summed E-state index contributed by atoms with van der Waals surface area (Å²) in [5.41, 5.74) is 6.96. The second-order valence-electron chi connectivity index (χ2n) is 3.07. The quantitative estimate of drug-likeness (QED) is 0.718. The molecular weight excluding hydrogens is 194 g/mol. The summed E-state index contributed by atoms with van der Waals surface area (Å²) in [4.78, 5) is 11.5. The Hall–Kier alpha value is -2.04. The number of aromatic nitrogens is 2. The molecule has 5 nitrogen and oxygen atoms in total. The zero-order valence-electron chi connectivity index (χ0n) is 8.30. The summed E-state index contributed by atoms with van der Waals surface area (Å²) in [5.74, 6) is 0. The van der Waals surface area contributed by atoms with Crippen LogP contribution in [0.3, 0.4) is 0 Å². The summed E-state index contributed by atoms with van der Waals surface area (Å²) in [7, 11) is 0. The molecule has 0 radical (unpaired) electrons. The highest BCUT2D eigenvalue weighted by molar-refractivity contribution is 5.89. The molecule has 1 aromatic carbocycles. The molecule has 0 fully saturated rings. The average Bonchev–Trinajstić information content (AvgIpc) is 2.60. The fraction of sp³-hybridized carbons (Fsp3) is 0.200. The number of rotatable bonds is 1. The van der Waals surface area contributed by atoms with Crippen molar-refractivity contribution in [1.82, 2.24) is 9.78 Å². The highest BCUT2D eigenvalue weighted by atomic mass is 16.5. The summed E-state index contributed by atoms with van der Waals surface area (Å²) in [6, 6.07) is 5.23. The monoisotopic (exact) mass is 205 g/mol. The molecule has 2 aromatic rings. The van der Waals surface area contributed by atoms with Gasteiger partial charge in [0, 0.05) is 11.1 Å². The molecule has 0 amide bonds. The number of hydrogen-bond acceptors (Lipinski definition) is 4. The summed E-state index contributed by atoms with van der Waals surface area (Å²) < 4.78 is 6.08. The Balaban J connectivity index is 2.49. The van der Waals surface area contributed by atoms with Crippen LogP contribution < -0.4 is 5.73 Å². The van der Waals surface area contributed by atoms with Crippen molar-refractivity contribution < 1.29 is 9.53 Å². The van der Waals surface area contributed by atoms with E-state index >= 15 is 0 Å². The van der Waals surface area contributed by atoms with E-state index in [9.17, 15) is 4.79 Å². The van der Waals surface area contributed by atoms with Crippen LogP contribution in [0.25, 0.3) is 10.9 Å². The number of nitrogens with zero attached hydrogens (tertiary/aromatic N) is 2. The van der Waals surface area contributed by atoms with Gasteiger partial charge in [-0.2, -0.15) is 9.78 Å². The van der Waals surface area contributed by atoms with Crippen LogP contribution in [0.5, 0.6) is 0 Å². The lowest BCUT2D eigenvalue weighted by atomic mass is 10.2. The number of carbonyl (C=O) groups is 1. The third kappa shape index (κ3) is 1.63. The molecular formula is C10H11N3O2. The van der Waals surface area contributed by atoms with E-state index in [1.54, 1.807) is 31.3 Å². The van der Waals surface area contributed by atoms with Crippen LogP contribution in [0.4, 0.5) is 10.5 Å². The first-order valence-electron chi connectivity index (χ1n) is 4.62. The molecule has 1 heterocycles. The van der Waals surface area contributed by atoms with Crippen LogP contribution in [0.15, 0.2) is 24.4 Å². The zero-order chi connectivity index (χ0) is 10.8.